The van der Waals surface area contributed by atoms with Gasteiger partial charge in [0, 0.05) is 18.2 Å². The van der Waals surface area contributed by atoms with Crippen molar-refractivity contribution in [3.05, 3.63) is 69.5 Å². The molecule has 0 spiro atoms. The lowest BCUT2D eigenvalue weighted by atomic mass is 10.2. The summed E-state index contributed by atoms with van der Waals surface area (Å²) in [6, 6.07) is 11.7. The number of ether oxygens (including phenoxy) is 1. The van der Waals surface area contributed by atoms with Crippen LogP contribution in [0, 0.1) is 10.1 Å². The predicted octanol–water partition coefficient (Wildman–Crippen LogP) is 3.45. The third-order valence-corrected chi connectivity index (χ3v) is 3.79. The summed E-state index contributed by atoms with van der Waals surface area (Å²) in [5.41, 5.74) is 2.05. The van der Waals surface area contributed by atoms with Crippen molar-refractivity contribution in [2.24, 2.45) is 0 Å². The molecule has 0 atom stereocenters. The van der Waals surface area contributed by atoms with E-state index in [-0.39, 0.29) is 10.7 Å². The fourth-order valence-corrected chi connectivity index (χ4v) is 2.45. The summed E-state index contributed by atoms with van der Waals surface area (Å²) in [5, 5.41) is 22.3. The minimum Gasteiger partial charge on any atom is -0.497 e. The van der Waals surface area contributed by atoms with Crippen LogP contribution < -0.4 is 10.1 Å². The maximum atomic E-state index is 10.7. The van der Waals surface area contributed by atoms with Crippen LogP contribution in [0.3, 0.4) is 0 Å². The number of benzene rings is 2. The fraction of sp³-hybridized carbons (Fsp3) is 0.125. The van der Waals surface area contributed by atoms with E-state index in [2.05, 4.69) is 15.6 Å². The number of anilines is 1. The Morgan fingerprint density at radius 1 is 1.32 bits per heavy atom. The molecule has 9 heteroatoms. The van der Waals surface area contributed by atoms with Gasteiger partial charge in [0.05, 0.1) is 41.2 Å². The van der Waals surface area contributed by atoms with Crippen LogP contribution in [0.4, 0.5) is 11.4 Å². The summed E-state index contributed by atoms with van der Waals surface area (Å²) in [6.07, 6.45) is 1.78. The van der Waals surface area contributed by atoms with E-state index >= 15 is 0 Å². The minimum absolute atomic E-state index is 0.0560. The number of nitrogens with zero attached hydrogens (tertiary/aromatic N) is 4. The van der Waals surface area contributed by atoms with E-state index in [0.29, 0.717) is 17.9 Å². The maximum absolute atomic E-state index is 10.7. The summed E-state index contributed by atoms with van der Waals surface area (Å²) in [7, 11) is 1.60. The van der Waals surface area contributed by atoms with Gasteiger partial charge in [-0.3, -0.25) is 10.1 Å². The van der Waals surface area contributed by atoms with Crippen molar-refractivity contribution >= 4 is 23.0 Å². The number of nitro benzene ring substituents is 1. The Bertz CT molecular complexity index is 912. The lowest BCUT2D eigenvalue weighted by molar-refractivity contribution is -0.384. The van der Waals surface area contributed by atoms with Gasteiger partial charge in [-0.15, -0.1) is 5.10 Å². The third kappa shape index (κ3) is 3.86. The Morgan fingerprint density at radius 2 is 2.16 bits per heavy atom. The SMILES string of the molecule is COc1cccc(-n2cc(CNc3ccc([N+](=O)[O-])cc3Cl)nn2)c1. The summed E-state index contributed by atoms with van der Waals surface area (Å²) in [4.78, 5) is 10.2. The molecule has 3 aromatic rings. The average Bonchev–Trinajstić information content (AvgIpc) is 3.09. The molecular weight excluding hydrogens is 346 g/mol. The van der Waals surface area contributed by atoms with Crippen molar-refractivity contribution in [1.82, 2.24) is 15.0 Å². The maximum Gasteiger partial charge on any atom is 0.271 e. The van der Waals surface area contributed by atoms with Gasteiger partial charge in [0.2, 0.25) is 0 Å². The van der Waals surface area contributed by atoms with Gasteiger partial charge in [-0.25, -0.2) is 4.68 Å². The number of aromatic nitrogens is 3. The topological polar surface area (TPSA) is 95.1 Å². The summed E-state index contributed by atoms with van der Waals surface area (Å²) < 4.78 is 6.83. The Kier molecular flexibility index (Phi) is 4.80. The number of rotatable bonds is 6. The molecule has 0 saturated heterocycles. The molecule has 8 nitrogen and oxygen atoms in total. The second-order valence-corrected chi connectivity index (χ2v) is 5.54. The molecule has 0 aliphatic rings. The molecule has 0 radical (unpaired) electrons. The van der Waals surface area contributed by atoms with Crippen LogP contribution in [0.2, 0.25) is 5.02 Å². The number of nitro groups is 1. The number of hydrogen-bond donors (Lipinski definition) is 1. The average molecular weight is 360 g/mol. The molecule has 1 N–H and O–H groups in total. The molecule has 0 bridgehead atoms. The first-order chi connectivity index (χ1) is 12.1. The number of non-ortho nitro benzene ring substituents is 1. The second-order valence-electron chi connectivity index (χ2n) is 5.13. The summed E-state index contributed by atoms with van der Waals surface area (Å²) >= 11 is 6.05. The van der Waals surface area contributed by atoms with E-state index in [4.69, 9.17) is 16.3 Å². The van der Waals surface area contributed by atoms with Gasteiger partial charge in [0.25, 0.3) is 5.69 Å². The van der Waals surface area contributed by atoms with Gasteiger partial charge in [0.1, 0.15) is 11.4 Å². The first kappa shape index (κ1) is 16.7. The van der Waals surface area contributed by atoms with E-state index in [9.17, 15) is 10.1 Å². The first-order valence-electron chi connectivity index (χ1n) is 7.30. The Balaban J connectivity index is 1.70. The van der Waals surface area contributed by atoms with Crippen molar-refractivity contribution in [2.75, 3.05) is 12.4 Å². The van der Waals surface area contributed by atoms with Crippen LogP contribution in [0.5, 0.6) is 5.75 Å². The van der Waals surface area contributed by atoms with Gasteiger partial charge in [-0.2, -0.15) is 0 Å². The van der Waals surface area contributed by atoms with E-state index in [1.165, 1.54) is 12.1 Å². The molecule has 0 aliphatic heterocycles. The molecule has 0 unspecified atom stereocenters. The predicted molar refractivity (Wildman–Crippen MR) is 93.3 cm³/mol. The molecule has 0 aliphatic carbocycles. The molecule has 2 aromatic carbocycles. The fourth-order valence-electron chi connectivity index (χ4n) is 2.21. The van der Waals surface area contributed by atoms with Crippen LogP contribution >= 0.6 is 11.6 Å². The molecule has 1 aromatic heterocycles. The second kappa shape index (κ2) is 7.18. The molecule has 25 heavy (non-hydrogen) atoms. The number of methoxy groups -OCH3 is 1. The van der Waals surface area contributed by atoms with Crippen molar-refractivity contribution in [1.29, 1.82) is 0 Å². The summed E-state index contributed by atoms with van der Waals surface area (Å²) in [5.74, 6) is 0.727. The highest BCUT2D eigenvalue weighted by Gasteiger charge is 2.10. The van der Waals surface area contributed by atoms with E-state index in [0.717, 1.165) is 11.4 Å². The third-order valence-electron chi connectivity index (χ3n) is 3.48. The normalized spacial score (nSPS) is 10.5. The van der Waals surface area contributed by atoms with Crippen molar-refractivity contribution in [3.63, 3.8) is 0 Å². The first-order valence-corrected chi connectivity index (χ1v) is 7.68. The van der Waals surface area contributed by atoms with Gasteiger partial charge >= 0.3 is 0 Å². The van der Waals surface area contributed by atoms with Crippen molar-refractivity contribution in [2.45, 2.75) is 6.54 Å². The molecule has 0 saturated carbocycles. The van der Waals surface area contributed by atoms with Crippen LogP contribution in [0.15, 0.2) is 48.7 Å². The number of nitrogens with one attached hydrogen (secondary N) is 1. The molecule has 0 fully saturated rings. The highest BCUT2D eigenvalue weighted by atomic mass is 35.5. The number of halogens is 1. The zero-order chi connectivity index (χ0) is 17.8. The smallest absolute Gasteiger partial charge is 0.271 e. The minimum atomic E-state index is -0.491. The molecule has 128 valence electrons. The van der Waals surface area contributed by atoms with Gasteiger partial charge < -0.3 is 10.1 Å². The zero-order valence-electron chi connectivity index (χ0n) is 13.2. The quantitative estimate of drug-likeness (QED) is 0.535. The number of hydrogen-bond acceptors (Lipinski definition) is 6. The van der Waals surface area contributed by atoms with Gasteiger partial charge in [0.15, 0.2) is 0 Å². The Labute approximate surface area is 148 Å². The monoisotopic (exact) mass is 359 g/mol. The van der Waals surface area contributed by atoms with E-state index in [1.54, 1.807) is 24.1 Å². The molecule has 1 heterocycles. The molecule has 3 rings (SSSR count). The highest BCUT2D eigenvalue weighted by molar-refractivity contribution is 6.33. The van der Waals surface area contributed by atoms with E-state index in [1.807, 2.05) is 24.3 Å². The van der Waals surface area contributed by atoms with Crippen molar-refractivity contribution in [3.8, 4) is 11.4 Å². The Hall–Kier alpha value is -3.13. The van der Waals surface area contributed by atoms with Gasteiger partial charge in [-0.1, -0.05) is 22.9 Å². The lowest BCUT2D eigenvalue weighted by Crippen LogP contribution is -2.01. The Morgan fingerprint density at radius 3 is 2.88 bits per heavy atom. The van der Waals surface area contributed by atoms with E-state index < -0.39 is 4.92 Å². The van der Waals surface area contributed by atoms with Gasteiger partial charge in [-0.05, 0) is 18.2 Å². The van der Waals surface area contributed by atoms with Crippen LogP contribution in [0.1, 0.15) is 5.69 Å². The van der Waals surface area contributed by atoms with Crippen LogP contribution in [0.25, 0.3) is 5.69 Å². The molecular formula is C16H14ClN5O3. The zero-order valence-corrected chi connectivity index (χ0v) is 14.0. The molecule has 0 amide bonds. The largest absolute Gasteiger partial charge is 0.497 e. The van der Waals surface area contributed by atoms with Crippen molar-refractivity contribution < 1.29 is 9.66 Å². The highest BCUT2D eigenvalue weighted by Crippen LogP contribution is 2.27. The standard InChI is InChI=1S/C16H14ClN5O3/c1-25-14-4-2-3-12(7-14)21-10-11(19-20-21)9-18-16-6-5-13(22(23)24)8-15(16)17/h2-8,10,18H,9H2,1H3. The lowest BCUT2D eigenvalue weighted by Gasteiger charge is -2.06. The van der Waals surface area contributed by atoms with Crippen LogP contribution in [-0.2, 0) is 6.54 Å². The summed E-state index contributed by atoms with van der Waals surface area (Å²) in [6.45, 7) is 0.376. The van der Waals surface area contributed by atoms with Crippen LogP contribution in [-0.4, -0.2) is 27.0 Å².